The Hall–Kier alpha value is -2.23. The summed E-state index contributed by atoms with van der Waals surface area (Å²) in [4.78, 5) is 15.0. The second-order valence-corrected chi connectivity index (χ2v) is 3.10. The number of methoxy groups -OCH3 is 1. The zero-order valence-electron chi connectivity index (χ0n) is 9.74. The largest absolute Gasteiger partial charge is 0.495 e. The van der Waals surface area contributed by atoms with Gasteiger partial charge in [-0.15, -0.1) is 0 Å². The Bertz CT molecular complexity index is 498. The third-order valence-corrected chi connectivity index (χ3v) is 2.08. The van der Waals surface area contributed by atoms with Crippen molar-refractivity contribution in [2.45, 2.75) is 13.3 Å². The van der Waals surface area contributed by atoms with E-state index in [0.717, 1.165) is 13.3 Å². The number of alkyl halides is 2. The van der Waals surface area contributed by atoms with Crippen LogP contribution in [0, 0.1) is 11.3 Å². The summed E-state index contributed by atoms with van der Waals surface area (Å²) in [5.41, 5.74) is -1.43. The van der Waals surface area contributed by atoms with Gasteiger partial charge in [-0.05, 0) is 6.92 Å². The van der Waals surface area contributed by atoms with E-state index in [9.17, 15) is 13.6 Å². The zero-order valence-corrected chi connectivity index (χ0v) is 9.74. The van der Waals surface area contributed by atoms with Crippen molar-refractivity contribution >= 4 is 5.97 Å². The van der Waals surface area contributed by atoms with Crippen LogP contribution in [0.1, 0.15) is 35.0 Å². The minimum Gasteiger partial charge on any atom is -0.495 e. The van der Waals surface area contributed by atoms with Crippen LogP contribution in [-0.2, 0) is 4.74 Å². The zero-order chi connectivity index (χ0) is 13.7. The molecule has 0 bridgehead atoms. The number of nitrogens with zero attached hydrogens (tertiary/aromatic N) is 2. The van der Waals surface area contributed by atoms with Gasteiger partial charge in [0.1, 0.15) is 17.4 Å². The van der Waals surface area contributed by atoms with Gasteiger partial charge < -0.3 is 9.47 Å². The van der Waals surface area contributed by atoms with E-state index in [1.54, 1.807) is 13.0 Å². The predicted molar refractivity (Wildman–Crippen MR) is 56.4 cm³/mol. The lowest BCUT2D eigenvalue weighted by Gasteiger charge is -2.12. The molecule has 0 aliphatic carbocycles. The number of halogens is 2. The predicted octanol–water partition coefficient (Wildman–Crippen LogP) is 2.08. The van der Waals surface area contributed by atoms with E-state index >= 15 is 0 Å². The molecule has 0 unspecified atom stereocenters. The summed E-state index contributed by atoms with van der Waals surface area (Å²) in [6.45, 7) is 1.58. The van der Waals surface area contributed by atoms with Crippen LogP contribution >= 0.6 is 0 Å². The van der Waals surface area contributed by atoms with Gasteiger partial charge in [0.2, 0.25) is 0 Å². The first-order valence-electron chi connectivity index (χ1n) is 4.99. The molecule has 0 aromatic carbocycles. The van der Waals surface area contributed by atoms with Gasteiger partial charge in [-0.1, -0.05) is 0 Å². The maximum Gasteiger partial charge on any atom is 0.357 e. The maximum atomic E-state index is 13.0. The summed E-state index contributed by atoms with van der Waals surface area (Å²) in [7, 11) is 1.14. The average molecular weight is 256 g/mol. The quantitative estimate of drug-likeness (QED) is 0.771. The molecule has 1 aromatic rings. The Kier molecular flexibility index (Phi) is 4.54. The molecule has 0 radical (unpaired) electrons. The van der Waals surface area contributed by atoms with Crippen LogP contribution < -0.4 is 4.74 Å². The van der Waals surface area contributed by atoms with E-state index in [1.165, 1.54) is 0 Å². The van der Waals surface area contributed by atoms with Gasteiger partial charge in [-0.2, -0.15) is 5.26 Å². The lowest BCUT2D eigenvalue weighted by atomic mass is 10.1. The van der Waals surface area contributed by atoms with Crippen LogP contribution in [0.3, 0.4) is 0 Å². The van der Waals surface area contributed by atoms with Gasteiger partial charge >= 0.3 is 5.97 Å². The first-order valence-corrected chi connectivity index (χ1v) is 4.99. The van der Waals surface area contributed by atoms with E-state index in [0.29, 0.717) is 0 Å². The standard InChI is InChI=1S/C11H10F2N2O3/c1-3-18-11(16)8-7(10(12)13)9(17-2)6(4-14)5-15-8/h5,10H,3H2,1-2H3. The lowest BCUT2D eigenvalue weighted by molar-refractivity contribution is 0.0506. The van der Waals surface area contributed by atoms with E-state index < -0.39 is 23.7 Å². The summed E-state index contributed by atoms with van der Waals surface area (Å²) in [6, 6.07) is 1.67. The van der Waals surface area contributed by atoms with Crippen molar-refractivity contribution in [2.75, 3.05) is 13.7 Å². The van der Waals surface area contributed by atoms with E-state index in [4.69, 9.17) is 10.00 Å². The third-order valence-electron chi connectivity index (χ3n) is 2.08. The molecule has 5 nitrogen and oxygen atoms in total. The Labute approximate surface area is 102 Å². The van der Waals surface area contributed by atoms with Gasteiger partial charge in [0.05, 0.1) is 19.3 Å². The van der Waals surface area contributed by atoms with Crippen molar-refractivity contribution in [3.05, 3.63) is 23.0 Å². The summed E-state index contributed by atoms with van der Waals surface area (Å²) in [5.74, 6) is -1.33. The first kappa shape index (κ1) is 13.8. The Morgan fingerprint density at radius 2 is 2.28 bits per heavy atom. The number of hydrogen-bond donors (Lipinski definition) is 0. The van der Waals surface area contributed by atoms with Crippen molar-refractivity contribution < 1.29 is 23.0 Å². The normalized spacial score (nSPS) is 10.0. The molecule has 0 atom stereocenters. The van der Waals surface area contributed by atoms with Crippen LogP contribution in [0.15, 0.2) is 6.20 Å². The molecule has 0 amide bonds. The molecule has 96 valence electrons. The molecule has 0 aliphatic rings. The molecule has 0 spiro atoms. The maximum absolute atomic E-state index is 13.0. The van der Waals surface area contributed by atoms with Crippen LogP contribution in [0.4, 0.5) is 8.78 Å². The summed E-state index contributed by atoms with van der Waals surface area (Å²) >= 11 is 0. The molecular weight excluding hydrogens is 246 g/mol. The number of carbonyl (C=O) groups excluding carboxylic acids is 1. The highest BCUT2D eigenvalue weighted by atomic mass is 19.3. The first-order chi connectivity index (χ1) is 8.56. The summed E-state index contributed by atoms with van der Waals surface area (Å²) < 4.78 is 35.3. The molecule has 18 heavy (non-hydrogen) atoms. The number of rotatable bonds is 4. The van der Waals surface area contributed by atoms with Crippen LogP contribution in [-0.4, -0.2) is 24.7 Å². The molecule has 1 rings (SSSR count). The minimum atomic E-state index is -3.00. The molecule has 0 saturated heterocycles. The SMILES string of the molecule is CCOC(=O)c1ncc(C#N)c(OC)c1C(F)F. The van der Waals surface area contributed by atoms with Crippen molar-refractivity contribution in [1.29, 1.82) is 5.26 Å². The van der Waals surface area contributed by atoms with Gasteiger partial charge in [0.15, 0.2) is 5.69 Å². The highest BCUT2D eigenvalue weighted by Crippen LogP contribution is 2.34. The van der Waals surface area contributed by atoms with Crippen molar-refractivity contribution in [3.63, 3.8) is 0 Å². The third kappa shape index (κ3) is 2.53. The second-order valence-electron chi connectivity index (χ2n) is 3.10. The summed E-state index contributed by atoms with van der Waals surface area (Å²) in [5, 5.41) is 8.76. The van der Waals surface area contributed by atoms with Crippen molar-refractivity contribution in [1.82, 2.24) is 4.98 Å². The Morgan fingerprint density at radius 3 is 2.72 bits per heavy atom. The number of nitriles is 1. The number of carbonyl (C=O) groups is 1. The number of hydrogen-bond acceptors (Lipinski definition) is 5. The molecule has 0 N–H and O–H groups in total. The highest BCUT2D eigenvalue weighted by Gasteiger charge is 2.27. The summed E-state index contributed by atoms with van der Waals surface area (Å²) in [6.07, 6.45) is -2.00. The fraction of sp³-hybridized carbons (Fsp3) is 0.364. The van der Waals surface area contributed by atoms with Crippen LogP contribution in [0.5, 0.6) is 5.75 Å². The molecule has 7 heteroatoms. The van der Waals surface area contributed by atoms with Crippen molar-refractivity contribution in [3.8, 4) is 11.8 Å². The van der Waals surface area contributed by atoms with Gasteiger partial charge in [0, 0.05) is 6.20 Å². The number of ether oxygens (including phenoxy) is 2. The second kappa shape index (κ2) is 5.91. The van der Waals surface area contributed by atoms with Crippen LogP contribution in [0.25, 0.3) is 0 Å². The van der Waals surface area contributed by atoms with Crippen LogP contribution in [0.2, 0.25) is 0 Å². The van der Waals surface area contributed by atoms with E-state index in [2.05, 4.69) is 9.72 Å². The lowest BCUT2D eigenvalue weighted by Crippen LogP contribution is -2.13. The average Bonchev–Trinajstić information content (AvgIpc) is 2.36. The monoisotopic (exact) mass is 256 g/mol. The Morgan fingerprint density at radius 1 is 1.61 bits per heavy atom. The number of pyridine rings is 1. The fourth-order valence-corrected chi connectivity index (χ4v) is 1.37. The molecule has 1 aromatic heterocycles. The highest BCUT2D eigenvalue weighted by molar-refractivity contribution is 5.90. The molecule has 0 fully saturated rings. The fourth-order valence-electron chi connectivity index (χ4n) is 1.37. The van der Waals surface area contributed by atoms with Gasteiger partial charge in [0.25, 0.3) is 6.43 Å². The smallest absolute Gasteiger partial charge is 0.357 e. The topological polar surface area (TPSA) is 72.2 Å². The van der Waals surface area contributed by atoms with Crippen molar-refractivity contribution in [2.24, 2.45) is 0 Å². The molecule has 0 aliphatic heterocycles. The molecule has 0 saturated carbocycles. The molecular formula is C11H10F2N2O3. The Balaban J connectivity index is 3.45. The number of esters is 1. The number of aromatic nitrogens is 1. The minimum absolute atomic E-state index is 0.0332. The van der Waals surface area contributed by atoms with Gasteiger partial charge in [-0.3, -0.25) is 0 Å². The van der Waals surface area contributed by atoms with Gasteiger partial charge in [-0.25, -0.2) is 18.6 Å². The van der Waals surface area contributed by atoms with E-state index in [1.807, 2.05) is 0 Å². The molecule has 1 heterocycles. The van der Waals surface area contributed by atoms with E-state index in [-0.39, 0.29) is 17.9 Å².